The third-order valence-electron chi connectivity index (χ3n) is 3.38. The fraction of sp³-hybridized carbons (Fsp3) is 0.625. The fourth-order valence-electron chi connectivity index (χ4n) is 2.44. The standard InChI is InChI=1S/C16H25Cl/c1-4-5-14(3)10-16(12-17)11-15-8-6-13(2)7-9-15/h6-9,14,16H,4-5,10-12H2,1-3H3. The van der Waals surface area contributed by atoms with Crippen LogP contribution in [0.2, 0.25) is 0 Å². The summed E-state index contributed by atoms with van der Waals surface area (Å²) in [6, 6.07) is 8.85. The Bertz CT molecular complexity index is 302. The molecule has 0 aliphatic carbocycles. The minimum absolute atomic E-state index is 0.626. The molecule has 0 heterocycles. The molecule has 0 aliphatic rings. The number of benzene rings is 1. The molecule has 96 valence electrons. The molecule has 2 atom stereocenters. The lowest BCUT2D eigenvalue weighted by Gasteiger charge is -2.18. The van der Waals surface area contributed by atoms with E-state index in [-0.39, 0.29) is 0 Å². The maximum Gasteiger partial charge on any atom is 0.0255 e. The molecule has 0 spiro atoms. The Kier molecular flexibility index (Phi) is 6.65. The quantitative estimate of drug-likeness (QED) is 0.584. The average molecular weight is 253 g/mol. The Morgan fingerprint density at radius 1 is 1.18 bits per heavy atom. The molecule has 0 radical (unpaired) electrons. The highest BCUT2D eigenvalue weighted by Crippen LogP contribution is 2.22. The van der Waals surface area contributed by atoms with Gasteiger partial charge in [-0.15, -0.1) is 11.6 Å². The van der Waals surface area contributed by atoms with Gasteiger partial charge in [0.25, 0.3) is 0 Å². The number of aryl methyl sites for hydroxylation is 1. The Labute approximate surface area is 111 Å². The van der Waals surface area contributed by atoms with Gasteiger partial charge in [0.05, 0.1) is 0 Å². The van der Waals surface area contributed by atoms with Gasteiger partial charge in [0.15, 0.2) is 0 Å². The maximum absolute atomic E-state index is 6.09. The highest BCUT2D eigenvalue weighted by molar-refractivity contribution is 6.18. The van der Waals surface area contributed by atoms with E-state index in [1.165, 1.54) is 30.4 Å². The second-order valence-electron chi connectivity index (χ2n) is 5.34. The zero-order chi connectivity index (χ0) is 12.7. The summed E-state index contributed by atoms with van der Waals surface area (Å²) in [5, 5.41) is 0. The number of alkyl halides is 1. The van der Waals surface area contributed by atoms with Crippen molar-refractivity contribution in [1.82, 2.24) is 0 Å². The Morgan fingerprint density at radius 2 is 1.82 bits per heavy atom. The van der Waals surface area contributed by atoms with Crippen LogP contribution in [0.25, 0.3) is 0 Å². The fourth-order valence-corrected chi connectivity index (χ4v) is 2.67. The van der Waals surface area contributed by atoms with Gasteiger partial charge in [-0.2, -0.15) is 0 Å². The zero-order valence-electron chi connectivity index (χ0n) is 11.4. The van der Waals surface area contributed by atoms with E-state index in [4.69, 9.17) is 11.6 Å². The molecule has 0 saturated carbocycles. The second-order valence-corrected chi connectivity index (χ2v) is 5.65. The lowest BCUT2D eigenvalue weighted by Crippen LogP contribution is -2.11. The predicted molar refractivity (Wildman–Crippen MR) is 77.8 cm³/mol. The van der Waals surface area contributed by atoms with Crippen molar-refractivity contribution in [2.75, 3.05) is 5.88 Å². The molecule has 0 bridgehead atoms. The van der Waals surface area contributed by atoms with Crippen LogP contribution in [0.5, 0.6) is 0 Å². The lowest BCUT2D eigenvalue weighted by atomic mass is 9.89. The van der Waals surface area contributed by atoms with Gasteiger partial charge < -0.3 is 0 Å². The summed E-state index contributed by atoms with van der Waals surface area (Å²) in [6.45, 7) is 6.73. The van der Waals surface area contributed by atoms with Gasteiger partial charge in [0.1, 0.15) is 0 Å². The van der Waals surface area contributed by atoms with Crippen molar-refractivity contribution in [3.05, 3.63) is 35.4 Å². The average Bonchev–Trinajstić information content (AvgIpc) is 2.31. The SMILES string of the molecule is CCCC(C)CC(CCl)Cc1ccc(C)cc1. The molecule has 0 amide bonds. The van der Waals surface area contributed by atoms with Crippen molar-refractivity contribution < 1.29 is 0 Å². The van der Waals surface area contributed by atoms with Crippen LogP contribution in [0.15, 0.2) is 24.3 Å². The Balaban J connectivity index is 2.48. The molecule has 1 rings (SSSR count). The highest BCUT2D eigenvalue weighted by atomic mass is 35.5. The molecule has 1 heteroatoms. The molecule has 1 aromatic carbocycles. The van der Waals surface area contributed by atoms with Gasteiger partial charge in [-0.25, -0.2) is 0 Å². The molecule has 17 heavy (non-hydrogen) atoms. The van der Waals surface area contributed by atoms with E-state index in [0.717, 1.165) is 18.2 Å². The Morgan fingerprint density at radius 3 is 2.35 bits per heavy atom. The summed E-state index contributed by atoms with van der Waals surface area (Å²) in [5.41, 5.74) is 2.75. The van der Waals surface area contributed by atoms with Crippen LogP contribution in [0.3, 0.4) is 0 Å². The molecule has 2 unspecified atom stereocenters. The van der Waals surface area contributed by atoms with Crippen molar-refractivity contribution in [2.45, 2.75) is 46.5 Å². The molecule has 0 nitrogen and oxygen atoms in total. The van der Waals surface area contributed by atoms with Gasteiger partial charge in [0, 0.05) is 5.88 Å². The van der Waals surface area contributed by atoms with Crippen LogP contribution in [0.1, 0.15) is 44.2 Å². The van der Waals surface area contributed by atoms with Crippen molar-refractivity contribution >= 4 is 11.6 Å². The zero-order valence-corrected chi connectivity index (χ0v) is 12.1. The summed E-state index contributed by atoms with van der Waals surface area (Å²) in [5.74, 6) is 2.21. The van der Waals surface area contributed by atoms with Crippen LogP contribution < -0.4 is 0 Å². The van der Waals surface area contributed by atoms with E-state index >= 15 is 0 Å². The number of hydrogen-bond acceptors (Lipinski definition) is 0. The van der Waals surface area contributed by atoms with Crippen LogP contribution in [-0.4, -0.2) is 5.88 Å². The number of halogens is 1. The van der Waals surface area contributed by atoms with Crippen molar-refractivity contribution in [2.24, 2.45) is 11.8 Å². The van der Waals surface area contributed by atoms with Gasteiger partial charge in [-0.3, -0.25) is 0 Å². The predicted octanol–water partition coefficient (Wildman–Crippen LogP) is 5.22. The van der Waals surface area contributed by atoms with E-state index in [9.17, 15) is 0 Å². The van der Waals surface area contributed by atoms with E-state index in [0.29, 0.717) is 5.92 Å². The maximum atomic E-state index is 6.09. The largest absolute Gasteiger partial charge is 0.126 e. The minimum atomic E-state index is 0.626. The Hall–Kier alpha value is -0.490. The molecular weight excluding hydrogens is 228 g/mol. The van der Waals surface area contributed by atoms with Gasteiger partial charge in [-0.1, -0.05) is 56.5 Å². The summed E-state index contributed by atoms with van der Waals surface area (Å²) >= 11 is 6.09. The first-order chi connectivity index (χ1) is 8.15. The number of hydrogen-bond donors (Lipinski definition) is 0. The van der Waals surface area contributed by atoms with Crippen molar-refractivity contribution in [1.29, 1.82) is 0 Å². The smallest absolute Gasteiger partial charge is 0.0255 e. The first kappa shape index (κ1) is 14.6. The first-order valence-corrected chi connectivity index (χ1v) is 7.30. The minimum Gasteiger partial charge on any atom is -0.126 e. The van der Waals surface area contributed by atoms with Gasteiger partial charge >= 0.3 is 0 Å². The van der Waals surface area contributed by atoms with E-state index in [1.807, 2.05) is 0 Å². The number of rotatable bonds is 7. The monoisotopic (exact) mass is 252 g/mol. The summed E-state index contributed by atoms with van der Waals surface area (Å²) < 4.78 is 0. The van der Waals surface area contributed by atoms with E-state index in [2.05, 4.69) is 45.0 Å². The normalized spacial score (nSPS) is 14.6. The second kappa shape index (κ2) is 7.76. The third kappa shape index (κ3) is 5.59. The topological polar surface area (TPSA) is 0 Å². The molecular formula is C16H25Cl. The molecule has 0 N–H and O–H groups in total. The van der Waals surface area contributed by atoms with Gasteiger partial charge in [0.2, 0.25) is 0 Å². The highest BCUT2D eigenvalue weighted by Gasteiger charge is 2.12. The summed E-state index contributed by atoms with van der Waals surface area (Å²) in [4.78, 5) is 0. The first-order valence-electron chi connectivity index (χ1n) is 6.77. The van der Waals surface area contributed by atoms with Crippen molar-refractivity contribution in [3.8, 4) is 0 Å². The molecule has 0 fully saturated rings. The van der Waals surface area contributed by atoms with Crippen LogP contribution >= 0.6 is 11.6 Å². The molecule has 1 aromatic rings. The molecule has 0 aliphatic heterocycles. The molecule has 0 aromatic heterocycles. The van der Waals surface area contributed by atoms with Crippen molar-refractivity contribution in [3.63, 3.8) is 0 Å². The van der Waals surface area contributed by atoms with E-state index < -0.39 is 0 Å². The summed E-state index contributed by atoms with van der Waals surface area (Å²) in [6.07, 6.45) is 4.98. The molecule has 0 saturated heterocycles. The van der Waals surface area contributed by atoms with Crippen LogP contribution in [0, 0.1) is 18.8 Å². The lowest BCUT2D eigenvalue weighted by molar-refractivity contribution is 0.393. The third-order valence-corrected chi connectivity index (χ3v) is 3.82. The van der Waals surface area contributed by atoms with Crippen LogP contribution in [0.4, 0.5) is 0 Å². The van der Waals surface area contributed by atoms with E-state index in [1.54, 1.807) is 0 Å². The van der Waals surface area contributed by atoms with Gasteiger partial charge in [-0.05, 0) is 37.2 Å². The van der Waals surface area contributed by atoms with Crippen LogP contribution in [-0.2, 0) is 6.42 Å². The summed E-state index contributed by atoms with van der Waals surface area (Å²) in [7, 11) is 0.